The van der Waals surface area contributed by atoms with E-state index in [1.807, 2.05) is 30.8 Å². The number of hydrogen-bond donors (Lipinski definition) is 1. The molecule has 0 saturated heterocycles. The Morgan fingerprint density at radius 2 is 2.25 bits per heavy atom. The molecular weight excluding hydrogens is 254 g/mol. The van der Waals surface area contributed by atoms with Gasteiger partial charge in [-0.05, 0) is 13.3 Å². The molecular formula is C14H23N5O. The zero-order chi connectivity index (χ0) is 14.4. The maximum Gasteiger partial charge on any atom is 0.180 e. The average Bonchev–Trinajstić information content (AvgIpc) is 2.92. The Bertz CT molecular complexity index is 539. The molecule has 0 radical (unpaired) electrons. The minimum absolute atomic E-state index is 0.689. The Kier molecular flexibility index (Phi) is 5.17. The van der Waals surface area contributed by atoms with E-state index in [1.165, 1.54) is 0 Å². The summed E-state index contributed by atoms with van der Waals surface area (Å²) in [5.74, 6) is 1.74. The highest BCUT2D eigenvalue weighted by molar-refractivity contribution is 5.66. The third kappa shape index (κ3) is 3.39. The lowest BCUT2D eigenvalue weighted by atomic mass is 10.4. The summed E-state index contributed by atoms with van der Waals surface area (Å²) in [6.45, 7) is 7.26. The topological polar surface area (TPSA) is 54.7 Å². The molecule has 2 rings (SSSR count). The van der Waals surface area contributed by atoms with Crippen molar-refractivity contribution < 1.29 is 4.74 Å². The van der Waals surface area contributed by atoms with Crippen LogP contribution in [0.1, 0.15) is 20.3 Å². The van der Waals surface area contributed by atoms with Gasteiger partial charge in [0.1, 0.15) is 5.82 Å². The number of likely N-dealkylation sites (N-methyl/N-ethyl adjacent to an activating group) is 1. The van der Waals surface area contributed by atoms with Crippen molar-refractivity contribution in [1.82, 2.24) is 14.4 Å². The van der Waals surface area contributed by atoms with Crippen molar-refractivity contribution in [3.8, 4) is 0 Å². The highest BCUT2D eigenvalue weighted by Gasteiger charge is 2.11. The van der Waals surface area contributed by atoms with E-state index in [9.17, 15) is 0 Å². The van der Waals surface area contributed by atoms with Crippen LogP contribution in [0.3, 0.4) is 0 Å². The number of nitrogens with one attached hydrogen (secondary N) is 1. The quantitative estimate of drug-likeness (QED) is 0.748. The SMILES string of the molecule is CCCNc1cn2ccnc2c(N(C)CCOCC)n1. The number of fused-ring (bicyclic) bond motifs is 1. The fourth-order valence-corrected chi connectivity index (χ4v) is 1.96. The third-order valence-electron chi connectivity index (χ3n) is 3.05. The molecule has 0 fully saturated rings. The predicted molar refractivity (Wildman–Crippen MR) is 81.5 cm³/mol. The largest absolute Gasteiger partial charge is 0.380 e. The zero-order valence-corrected chi connectivity index (χ0v) is 12.5. The molecule has 1 N–H and O–H groups in total. The number of ether oxygens (including phenoxy) is 1. The number of rotatable bonds is 8. The van der Waals surface area contributed by atoms with Crippen LogP contribution < -0.4 is 10.2 Å². The van der Waals surface area contributed by atoms with E-state index in [0.717, 1.165) is 43.4 Å². The van der Waals surface area contributed by atoms with Crippen molar-refractivity contribution in [2.24, 2.45) is 0 Å². The van der Waals surface area contributed by atoms with Crippen LogP contribution in [0.2, 0.25) is 0 Å². The van der Waals surface area contributed by atoms with Crippen molar-refractivity contribution >= 4 is 17.3 Å². The summed E-state index contributed by atoms with van der Waals surface area (Å²) >= 11 is 0. The fraction of sp³-hybridized carbons (Fsp3) is 0.571. The van der Waals surface area contributed by atoms with Gasteiger partial charge in [0.15, 0.2) is 11.5 Å². The molecule has 0 unspecified atom stereocenters. The van der Waals surface area contributed by atoms with E-state index >= 15 is 0 Å². The first-order valence-corrected chi connectivity index (χ1v) is 7.12. The van der Waals surface area contributed by atoms with Crippen LogP contribution in [-0.2, 0) is 4.74 Å². The second-order valence-electron chi connectivity index (χ2n) is 4.65. The van der Waals surface area contributed by atoms with Gasteiger partial charge in [-0.3, -0.25) is 0 Å². The van der Waals surface area contributed by atoms with E-state index in [2.05, 4.69) is 27.1 Å². The van der Waals surface area contributed by atoms with E-state index in [4.69, 9.17) is 4.74 Å². The molecule has 110 valence electrons. The van der Waals surface area contributed by atoms with Crippen LogP contribution in [0.25, 0.3) is 5.65 Å². The lowest BCUT2D eigenvalue weighted by molar-refractivity contribution is 0.154. The Labute approximate surface area is 119 Å². The van der Waals surface area contributed by atoms with E-state index in [1.54, 1.807) is 6.20 Å². The van der Waals surface area contributed by atoms with Gasteiger partial charge in [0.25, 0.3) is 0 Å². The number of nitrogens with zero attached hydrogens (tertiary/aromatic N) is 4. The first kappa shape index (κ1) is 14.6. The van der Waals surface area contributed by atoms with Crippen molar-refractivity contribution in [2.75, 3.05) is 43.6 Å². The van der Waals surface area contributed by atoms with Gasteiger partial charge in [0, 0.05) is 39.1 Å². The summed E-state index contributed by atoms with van der Waals surface area (Å²) in [5.41, 5.74) is 0.867. The molecule has 6 nitrogen and oxygen atoms in total. The summed E-state index contributed by atoms with van der Waals surface area (Å²) in [6.07, 6.45) is 6.77. The Morgan fingerprint density at radius 3 is 3.00 bits per heavy atom. The molecule has 2 aromatic heterocycles. The molecule has 0 saturated carbocycles. The van der Waals surface area contributed by atoms with Crippen LogP contribution in [0, 0.1) is 0 Å². The molecule has 0 aliphatic heterocycles. The van der Waals surface area contributed by atoms with Crippen molar-refractivity contribution in [3.05, 3.63) is 18.6 Å². The first-order chi connectivity index (χ1) is 9.76. The highest BCUT2D eigenvalue weighted by Crippen LogP contribution is 2.19. The monoisotopic (exact) mass is 277 g/mol. The Morgan fingerprint density at radius 1 is 1.40 bits per heavy atom. The maximum absolute atomic E-state index is 5.40. The van der Waals surface area contributed by atoms with E-state index < -0.39 is 0 Å². The second-order valence-corrected chi connectivity index (χ2v) is 4.65. The molecule has 6 heteroatoms. The summed E-state index contributed by atoms with van der Waals surface area (Å²) < 4.78 is 7.40. The molecule has 0 amide bonds. The van der Waals surface area contributed by atoms with Gasteiger partial charge in [-0.2, -0.15) is 0 Å². The molecule has 0 bridgehead atoms. The van der Waals surface area contributed by atoms with E-state index in [0.29, 0.717) is 6.61 Å². The molecule has 0 aromatic carbocycles. The fourth-order valence-electron chi connectivity index (χ4n) is 1.96. The second kappa shape index (κ2) is 7.09. The number of imidazole rings is 1. The molecule has 2 aromatic rings. The summed E-state index contributed by atoms with van der Waals surface area (Å²) in [7, 11) is 2.01. The zero-order valence-electron chi connectivity index (χ0n) is 12.5. The molecule has 20 heavy (non-hydrogen) atoms. The molecule has 2 heterocycles. The van der Waals surface area contributed by atoms with Crippen molar-refractivity contribution in [3.63, 3.8) is 0 Å². The van der Waals surface area contributed by atoms with E-state index in [-0.39, 0.29) is 0 Å². The number of anilines is 2. The van der Waals surface area contributed by atoms with Gasteiger partial charge in [0.05, 0.1) is 12.8 Å². The van der Waals surface area contributed by atoms with Gasteiger partial charge >= 0.3 is 0 Å². The summed E-state index contributed by atoms with van der Waals surface area (Å²) in [4.78, 5) is 11.1. The van der Waals surface area contributed by atoms with Crippen LogP contribution in [0.4, 0.5) is 11.6 Å². The van der Waals surface area contributed by atoms with Gasteiger partial charge in [-0.1, -0.05) is 6.92 Å². The van der Waals surface area contributed by atoms with Crippen LogP contribution in [0.5, 0.6) is 0 Å². The number of hydrogen-bond acceptors (Lipinski definition) is 5. The average molecular weight is 277 g/mol. The lowest BCUT2D eigenvalue weighted by Crippen LogP contribution is -2.24. The minimum Gasteiger partial charge on any atom is -0.380 e. The van der Waals surface area contributed by atoms with Crippen LogP contribution >= 0.6 is 0 Å². The standard InChI is InChI=1S/C14H23N5O/c1-4-6-15-12-11-19-8-7-16-13(19)14(17-12)18(3)9-10-20-5-2/h7-8,11,15H,4-6,9-10H2,1-3H3. The molecule has 0 atom stereocenters. The van der Waals surface area contributed by atoms with Crippen LogP contribution in [-0.4, -0.2) is 47.7 Å². The maximum atomic E-state index is 5.40. The third-order valence-corrected chi connectivity index (χ3v) is 3.05. The van der Waals surface area contributed by atoms with Gasteiger partial charge < -0.3 is 19.4 Å². The number of aromatic nitrogens is 3. The predicted octanol–water partition coefficient (Wildman–Crippen LogP) is 2.02. The highest BCUT2D eigenvalue weighted by atomic mass is 16.5. The molecule has 0 aliphatic rings. The van der Waals surface area contributed by atoms with Gasteiger partial charge in [-0.25, -0.2) is 9.97 Å². The van der Waals surface area contributed by atoms with Crippen molar-refractivity contribution in [1.29, 1.82) is 0 Å². The van der Waals surface area contributed by atoms with Crippen LogP contribution in [0.15, 0.2) is 18.6 Å². The summed E-state index contributed by atoms with van der Waals surface area (Å²) in [6, 6.07) is 0. The van der Waals surface area contributed by atoms with Gasteiger partial charge in [0.2, 0.25) is 0 Å². The van der Waals surface area contributed by atoms with Gasteiger partial charge in [-0.15, -0.1) is 0 Å². The Hall–Kier alpha value is -1.82. The molecule has 0 spiro atoms. The summed E-state index contributed by atoms with van der Waals surface area (Å²) in [5, 5.41) is 3.32. The van der Waals surface area contributed by atoms with Crippen molar-refractivity contribution in [2.45, 2.75) is 20.3 Å². The lowest BCUT2D eigenvalue weighted by Gasteiger charge is -2.19. The minimum atomic E-state index is 0.689. The Balaban J connectivity index is 2.22. The molecule has 0 aliphatic carbocycles. The smallest absolute Gasteiger partial charge is 0.180 e. The normalized spacial score (nSPS) is 10.9. The first-order valence-electron chi connectivity index (χ1n) is 7.12.